The van der Waals surface area contributed by atoms with Crippen LogP contribution in [0.4, 0.5) is 0 Å². The summed E-state index contributed by atoms with van der Waals surface area (Å²) in [5.41, 5.74) is 2.03. The minimum Gasteiger partial charge on any atom is -0.496 e. The minimum atomic E-state index is 0.0889. The summed E-state index contributed by atoms with van der Waals surface area (Å²) < 4.78 is 10.7. The zero-order valence-corrected chi connectivity index (χ0v) is 13.0. The zero-order valence-electron chi connectivity index (χ0n) is 12.2. The van der Waals surface area contributed by atoms with Crippen molar-refractivity contribution in [3.05, 3.63) is 47.4 Å². The molecule has 4 heteroatoms. The Morgan fingerprint density at radius 3 is 2.86 bits per heavy atom. The molecule has 0 aliphatic heterocycles. The lowest BCUT2D eigenvalue weighted by molar-refractivity contribution is 0.305. The van der Waals surface area contributed by atoms with Crippen LogP contribution < -0.4 is 4.74 Å². The Morgan fingerprint density at radius 1 is 1.33 bits per heavy atom. The van der Waals surface area contributed by atoms with Crippen LogP contribution >= 0.6 is 11.8 Å². The molecule has 0 fully saturated rings. The summed E-state index contributed by atoms with van der Waals surface area (Å²) in [6, 6.07) is 7.87. The van der Waals surface area contributed by atoms with Gasteiger partial charge in [0.15, 0.2) is 0 Å². The molecule has 1 N–H and O–H groups in total. The number of thioether (sulfide) groups is 1. The molecular weight excluding hydrogens is 284 g/mol. The average molecular weight is 302 g/mol. The molecule has 0 bridgehead atoms. The molecule has 0 aliphatic carbocycles. The molecule has 0 amide bonds. The fourth-order valence-corrected chi connectivity index (χ4v) is 2.81. The number of aliphatic hydroxyl groups is 1. The fourth-order valence-electron chi connectivity index (χ4n) is 1.87. The summed E-state index contributed by atoms with van der Waals surface area (Å²) >= 11 is 1.71. The monoisotopic (exact) mass is 302 g/mol. The summed E-state index contributed by atoms with van der Waals surface area (Å²) in [5.74, 6) is 8.56. The lowest BCUT2D eigenvalue weighted by Crippen LogP contribution is -1.92. The normalized spacial score (nSPS) is 10.0. The van der Waals surface area contributed by atoms with Gasteiger partial charge in [-0.2, -0.15) is 0 Å². The maximum absolute atomic E-state index is 8.76. The third-order valence-corrected chi connectivity index (χ3v) is 4.13. The minimum absolute atomic E-state index is 0.0889. The van der Waals surface area contributed by atoms with Gasteiger partial charge in [0.25, 0.3) is 0 Å². The molecule has 0 aliphatic rings. The lowest BCUT2D eigenvalue weighted by atomic mass is 10.1. The highest BCUT2D eigenvalue weighted by Gasteiger charge is 2.07. The molecule has 2 aromatic rings. The van der Waals surface area contributed by atoms with E-state index in [9.17, 15) is 0 Å². The van der Waals surface area contributed by atoms with Crippen molar-refractivity contribution >= 4 is 11.8 Å². The van der Waals surface area contributed by atoms with Crippen molar-refractivity contribution < 1.29 is 14.3 Å². The standard InChI is InChI=1S/C17H18O3S/c1-13-17(8-10-20-13)21-12-15-11-14(5-3-4-9-18)6-7-16(15)19-2/h6-8,10-11,18H,4,9,12H2,1-2H3. The van der Waals surface area contributed by atoms with Gasteiger partial charge in [-0.25, -0.2) is 0 Å². The largest absolute Gasteiger partial charge is 0.496 e. The third kappa shape index (κ3) is 4.32. The highest BCUT2D eigenvalue weighted by Crippen LogP contribution is 2.30. The van der Waals surface area contributed by atoms with Crippen LogP contribution in [0.5, 0.6) is 5.75 Å². The highest BCUT2D eigenvalue weighted by molar-refractivity contribution is 7.98. The van der Waals surface area contributed by atoms with E-state index in [-0.39, 0.29) is 6.61 Å². The van der Waals surface area contributed by atoms with Crippen molar-refractivity contribution in [1.29, 1.82) is 0 Å². The van der Waals surface area contributed by atoms with Gasteiger partial charge >= 0.3 is 0 Å². The van der Waals surface area contributed by atoms with Gasteiger partial charge < -0.3 is 14.3 Å². The van der Waals surface area contributed by atoms with Gasteiger partial charge in [0.1, 0.15) is 11.5 Å². The quantitative estimate of drug-likeness (QED) is 0.676. The van der Waals surface area contributed by atoms with E-state index in [2.05, 4.69) is 11.8 Å². The first-order valence-corrected chi connectivity index (χ1v) is 7.66. The Balaban J connectivity index is 2.14. The smallest absolute Gasteiger partial charge is 0.122 e. The molecule has 1 aromatic heterocycles. The first-order valence-electron chi connectivity index (χ1n) is 6.68. The summed E-state index contributed by atoms with van der Waals surface area (Å²) in [7, 11) is 1.67. The number of aliphatic hydroxyl groups excluding tert-OH is 1. The van der Waals surface area contributed by atoms with Crippen LogP contribution in [0.25, 0.3) is 0 Å². The van der Waals surface area contributed by atoms with Crippen LogP contribution in [0.2, 0.25) is 0 Å². The van der Waals surface area contributed by atoms with Crippen LogP contribution in [-0.4, -0.2) is 18.8 Å². The van der Waals surface area contributed by atoms with Crippen molar-refractivity contribution in [3.63, 3.8) is 0 Å². The number of aryl methyl sites for hydroxylation is 1. The van der Waals surface area contributed by atoms with E-state index in [1.807, 2.05) is 31.2 Å². The van der Waals surface area contributed by atoms with Gasteiger partial charge in [0.05, 0.1) is 20.0 Å². The maximum Gasteiger partial charge on any atom is 0.122 e. The van der Waals surface area contributed by atoms with E-state index in [0.29, 0.717) is 6.42 Å². The molecule has 2 rings (SSSR count). The van der Waals surface area contributed by atoms with E-state index < -0.39 is 0 Å². The van der Waals surface area contributed by atoms with Crippen LogP contribution in [0.1, 0.15) is 23.3 Å². The Morgan fingerprint density at radius 2 is 2.19 bits per heavy atom. The van der Waals surface area contributed by atoms with E-state index in [4.69, 9.17) is 14.3 Å². The van der Waals surface area contributed by atoms with Crippen LogP contribution in [0.15, 0.2) is 39.8 Å². The molecule has 3 nitrogen and oxygen atoms in total. The summed E-state index contributed by atoms with van der Waals surface area (Å²) in [6.45, 7) is 2.04. The van der Waals surface area contributed by atoms with Crippen molar-refractivity contribution in [2.75, 3.05) is 13.7 Å². The summed E-state index contributed by atoms with van der Waals surface area (Å²) in [5, 5.41) is 8.76. The van der Waals surface area contributed by atoms with Crippen molar-refractivity contribution in [3.8, 4) is 17.6 Å². The second-order valence-electron chi connectivity index (χ2n) is 4.43. The van der Waals surface area contributed by atoms with Crippen LogP contribution in [-0.2, 0) is 5.75 Å². The molecule has 0 spiro atoms. The molecule has 110 valence electrons. The van der Waals surface area contributed by atoms with Gasteiger partial charge in [0, 0.05) is 28.2 Å². The second kappa shape index (κ2) is 7.82. The van der Waals surface area contributed by atoms with Gasteiger partial charge in [-0.15, -0.1) is 11.8 Å². The number of rotatable bonds is 5. The number of hydrogen-bond acceptors (Lipinski definition) is 4. The van der Waals surface area contributed by atoms with Gasteiger partial charge in [0.2, 0.25) is 0 Å². The number of hydrogen-bond donors (Lipinski definition) is 1. The second-order valence-corrected chi connectivity index (χ2v) is 5.45. The molecular formula is C17H18O3S. The maximum atomic E-state index is 8.76. The predicted octanol–water partition coefficient (Wildman–Crippen LogP) is 3.62. The number of methoxy groups -OCH3 is 1. The van der Waals surface area contributed by atoms with Crippen molar-refractivity contribution in [2.45, 2.75) is 24.0 Å². The van der Waals surface area contributed by atoms with Gasteiger partial charge in [-0.05, 0) is 31.2 Å². The zero-order chi connectivity index (χ0) is 15.1. The van der Waals surface area contributed by atoms with Crippen molar-refractivity contribution in [2.24, 2.45) is 0 Å². The lowest BCUT2D eigenvalue weighted by Gasteiger charge is -2.08. The van der Waals surface area contributed by atoms with E-state index in [0.717, 1.165) is 33.3 Å². The number of furan rings is 1. The SMILES string of the molecule is COc1ccc(C#CCCO)cc1CSc1ccoc1C. The molecule has 0 unspecified atom stereocenters. The molecule has 0 saturated carbocycles. The molecule has 0 atom stereocenters. The fraction of sp³-hybridized carbons (Fsp3) is 0.294. The van der Waals surface area contributed by atoms with Gasteiger partial charge in [-0.1, -0.05) is 11.8 Å². The molecule has 21 heavy (non-hydrogen) atoms. The Kier molecular flexibility index (Phi) is 5.79. The molecule has 1 heterocycles. The van der Waals surface area contributed by atoms with Crippen LogP contribution in [0.3, 0.4) is 0 Å². The number of benzene rings is 1. The number of ether oxygens (including phenoxy) is 1. The Bertz CT molecular complexity index is 650. The predicted molar refractivity (Wildman–Crippen MR) is 84.6 cm³/mol. The molecule has 0 radical (unpaired) electrons. The first kappa shape index (κ1) is 15.6. The van der Waals surface area contributed by atoms with Crippen molar-refractivity contribution in [1.82, 2.24) is 0 Å². The van der Waals surface area contributed by atoms with Crippen LogP contribution in [0, 0.1) is 18.8 Å². The topological polar surface area (TPSA) is 42.6 Å². The third-order valence-electron chi connectivity index (χ3n) is 2.94. The highest BCUT2D eigenvalue weighted by atomic mass is 32.2. The molecule has 0 saturated heterocycles. The summed E-state index contributed by atoms with van der Waals surface area (Å²) in [6.07, 6.45) is 2.19. The average Bonchev–Trinajstić information content (AvgIpc) is 2.91. The van der Waals surface area contributed by atoms with E-state index in [1.165, 1.54) is 0 Å². The van der Waals surface area contributed by atoms with E-state index >= 15 is 0 Å². The first-order chi connectivity index (χ1) is 10.2. The van der Waals surface area contributed by atoms with E-state index in [1.54, 1.807) is 25.1 Å². The Labute approximate surface area is 129 Å². The molecule has 1 aromatic carbocycles. The Hall–Kier alpha value is -1.83. The summed E-state index contributed by atoms with van der Waals surface area (Å²) in [4.78, 5) is 1.13. The van der Waals surface area contributed by atoms with Gasteiger partial charge in [-0.3, -0.25) is 0 Å².